The standard InChI is InChI=1S/C17H33N5O2/c1-5-8-12-22-15(18)14(16(23)20-17(22)24)19-13(4)10-9-11-21(6-2)7-3/h13,19H,5-12,18H2,1-4H3,(H,20,23,24). The molecule has 138 valence electrons. The molecule has 0 fully saturated rings. The van der Waals surface area contributed by atoms with Crippen LogP contribution in [-0.2, 0) is 6.54 Å². The molecule has 0 radical (unpaired) electrons. The van der Waals surface area contributed by atoms with E-state index in [0.717, 1.165) is 45.3 Å². The van der Waals surface area contributed by atoms with Gasteiger partial charge in [-0.3, -0.25) is 14.3 Å². The molecule has 0 aromatic carbocycles. The van der Waals surface area contributed by atoms with Crippen LogP contribution in [0.15, 0.2) is 9.59 Å². The topological polar surface area (TPSA) is 96.2 Å². The Bertz CT molecular complexity index is 604. The van der Waals surface area contributed by atoms with Gasteiger partial charge in [0.2, 0.25) is 0 Å². The highest BCUT2D eigenvalue weighted by Gasteiger charge is 2.14. The molecule has 1 aromatic heterocycles. The molecule has 0 amide bonds. The zero-order valence-electron chi connectivity index (χ0n) is 15.5. The molecular weight excluding hydrogens is 306 g/mol. The second kappa shape index (κ2) is 10.2. The zero-order chi connectivity index (χ0) is 18.1. The van der Waals surface area contributed by atoms with Crippen LogP contribution in [0.5, 0.6) is 0 Å². The smallest absolute Gasteiger partial charge is 0.330 e. The van der Waals surface area contributed by atoms with Crippen molar-refractivity contribution in [2.45, 2.75) is 66.0 Å². The number of aromatic amines is 1. The summed E-state index contributed by atoms with van der Waals surface area (Å²) in [6, 6.07) is 0.112. The van der Waals surface area contributed by atoms with Crippen molar-refractivity contribution in [2.24, 2.45) is 0 Å². The Morgan fingerprint density at radius 3 is 2.46 bits per heavy atom. The van der Waals surface area contributed by atoms with Crippen molar-refractivity contribution in [2.75, 3.05) is 30.7 Å². The lowest BCUT2D eigenvalue weighted by atomic mass is 10.1. The summed E-state index contributed by atoms with van der Waals surface area (Å²) in [5, 5.41) is 3.19. The summed E-state index contributed by atoms with van der Waals surface area (Å²) in [7, 11) is 0. The maximum atomic E-state index is 12.1. The fraction of sp³-hybridized carbons (Fsp3) is 0.765. The molecule has 0 bridgehead atoms. The fourth-order valence-corrected chi connectivity index (χ4v) is 2.74. The van der Waals surface area contributed by atoms with Crippen LogP contribution >= 0.6 is 0 Å². The number of anilines is 2. The summed E-state index contributed by atoms with van der Waals surface area (Å²) in [4.78, 5) is 28.7. The zero-order valence-corrected chi connectivity index (χ0v) is 15.5. The lowest BCUT2D eigenvalue weighted by Gasteiger charge is -2.21. The molecule has 0 aliphatic carbocycles. The van der Waals surface area contributed by atoms with Gasteiger partial charge in [-0.15, -0.1) is 0 Å². The average Bonchev–Trinajstić information content (AvgIpc) is 2.55. The Kier molecular flexibility index (Phi) is 8.60. The van der Waals surface area contributed by atoms with Crippen LogP contribution in [0, 0.1) is 0 Å². The third-order valence-corrected chi connectivity index (χ3v) is 4.37. The highest BCUT2D eigenvalue weighted by Crippen LogP contribution is 2.14. The number of nitrogen functional groups attached to an aromatic ring is 1. The molecule has 7 heteroatoms. The number of H-pyrrole nitrogens is 1. The van der Waals surface area contributed by atoms with Crippen LogP contribution in [0.4, 0.5) is 11.5 Å². The minimum atomic E-state index is -0.444. The van der Waals surface area contributed by atoms with Gasteiger partial charge in [0.25, 0.3) is 5.56 Å². The SMILES string of the molecule is CCCCn1c(N)c(NC(C)CCCN(CC)CC)c(=O)[nH]c1=O. The summed E-state index contributed by atoms with van der Waals surface area (Å²) in [5.74, 6) is 0.229. The van der Waals surface area contributed by atoms with Gasteiger partial charge < -0.3 is 16.0 Å². The van der Waals surface area contributed by atoms with Crippen LogP contribution in [-0.4, -0.2) is 40.1 Å². The van der Waals surface area contributed by atoms with E-state index in [1.165, 1.54) is 4.57 Å². The Morgan fingerprint density at radius 2 is 1.88 bits per heavy atom. The second-order valence-electron chi connectivity index (χ2n) is 6.24. The lowest BCUT2D eigenvalue weighted by Crippen LogP contribution is -2.35. The number of hydrogen-bond donors (Lipinski definition) is 3. The second-order valence-corrected chi connectivity index (χ2v) is 6.24. The number of rotatable bonds is 11. The fourth-order valence-electron chi connectivity index (χ4n) is 2.74. The summed E-state index contributed by atoms with van der Waals surface area (Å²) in [6.07, 6.45) is 3.77. The van der Waals surface area contributed by atoms with Crippen LogP contribution in [0.25, 0.3) is 0 Å². The van der Waals surface area contributed by atoms with E-state index in [4.69, 9.17) is 5.73 Å². The van der Waals surface area contributed by atoms with Crippen molar-refractivity contribution >= 4 is 11.5 Å². The quantitative estimate of drug-likeness (QED) is 0.572. The van der Waals surface area contributed by atoms with Crippen molar-refractivity contribution in [3.05, 3.63) is 20.8 Å². The van der Waals surface area contributed by atoms with Gasteiger partial charge in [-0.05, 0) is 45.8 Å². The van der Waals surface area contributed by atoms with E-state index in [2.05, 4.69) is 29.0 Å². The lowest BCUT2D eigenvalue weighted by molar-refractivity contribution is 0.295. The van der Waals surface area contributed by atoms with Crippen LogP contribution < -0.4 is 22.3 Å². The van der Waals surface area contributed by atoms with E-state index < -0.39 is 11.2 Å². The van der Waals surface area contributed by atoms with Crippen LogP contribution in [0.3, 0.4) is 0 Å². The molecule has 0 saturated heterocycles. The predicted molar refractivity (Wildman–Crippen MR) is 101 cm³/mol. The molecule has 0 aliphatic heterocycles. The van der Waals surface area contributed by atoms with E-state index in [-0.39, 0.29) is 11.9 Å². The minimum absolute atomic E-state index is 0.112. The highest BCUT2D eigenvalue weighted by molar-refractivity contribution is 5.60. The van der Waals surface area contributed by atoms with Crippen LogP contribution in [0.2, 0.25) is 0 Å². The van der Waals surface area contributed by atoms with E-state index >= 15 is 0 Å². The first-order valence-electron chi connectivity index (χ1n) is 9.05. The maximum absolute atomic E-state index is 12.1. The summed E-state index contributed by atoms with van der Waals surface area (Å²) < 4.78 is 1.44. The van der Waals surface area contributed by atoms with Gasteiger partial charge in [0, 0.05) is 12.6 Å². The molecule has 0 saturated carbocycles. The highest BCUT2D eigenvalue weighted by atomic mass is 16.2. The summed E-state index contributed by atoms with van der Waals surface area (Å²) in [6.45, 7) is 12.0. The molecule has 1 aromatic rings. The molecule has 24 heavy (non-hydrogen) atoms. The van der Waals surface area contributed by atoms with Gasteiger partial charge in [-0.1, -0.05) is 27.2 Å². The molecule has 1 atom stereocenters. The van der Waals surface area contributed by atoms with E-state index in [1.54, 1.807) is 0 Å². The van der Waals surface area contributed by atoms with E-state index in [9.17, 15) is 9.59 Å². The van der Waals surface area contributed by atoms with Gasteiger partial charge in [0.15, 0.2) is 0 Å². The monoisotopic (exact) mass is 339 g/mol. The number of nitrogens with two attached hydrogens (primary N) is 1. The van der Waals surface area contributed by atoms with Gasteiger partial charge in [0.1, 0.15) is 11.5 Å². The summed E-state index contributed by atoms with van der Waals surface area (Å²) >= 11 is 0. The molecule has 1 rings (SSSR count). The Balaban J connectivity index is 2.76. The number of unbranched alkanes of at least 4 members (excludes halogenated alkanes) is 1. The summed E-state index contributed by atoms with van der Waals surface area (Å²) in [5.41, 5.74) is 5.49. The molecule has 7 nitrogen and oxygen atoms in total. The normalized spacial score (nSPS) is 12.5. The minimum Gasteiger partial charge on any atom is -0.383 e. The number of aromatic nitrogens is 2. The number of nitrogens with zero attached hydrogens (tertiary/aromatic N) is 2. The molecule has 0 spiro atoms. The van der Waals surface area contributed by atoms with E-state index in [1.807, 2.05) is 13.8 Å². The van der Waals surface area contributed by atoms with Gasteiger partial charge >= 0.3 is 5.69 Å². The Morgan fingerprint density at radius 1 is 1.21 bits per heavy atom. The first-order chi connectivity index (χ1) is 11.4. The maximum Gasteiger partial charge on any atom is 0.330 e. The van der Waals surface area contributed by atoms with Crippen LogP contribution in [0.1, 0.15) is 53.4 Å². The average molecular weight is 339 g/mol. The van der Waals surface area contributed by atoms with Gasteiger partial charge in [-0.2, -0.15) is 0 Å². The molecular formula is C17H33N5O2. The van der Waals surface area contributed by atoms with E-state index in [0.29, 0.717) is 12.2 Å². The first kappa shape index (κ1) is 20.3. The third-order valence-electron chi connectivity index (χ3n) is 4.37. The molecule has 4 N–H and O–H groups in total. The van der Waals surface area contributed by atoms with Gasteiger partial charge in [0.05, 0.1) is 0 Å². The molecule has 1 heterocycles. The third kappa shape index (κ3) is 5.70. The molecule has 0 aliphatic rings. The Labute approximate surface area is 144 Å². The van der Waals surface area contributed by atoms with Gasteiger partial charge in [-0.25, -0.2) is 4.79 Å². The largest absolute Gasteiger partial charge is 0.383 e. The predicted octanol–water partition coefficient (Wildman–Crippen LogP) is 1.84. The number of hydrogen-bond acceptors (Lipinski definition) is 5. The molecule has 1 unspecified atom stereocenters. The van der Waals surface area contributed by atoms with Crippen molar-refractivity contribution in [3.63, 3.8) is 0 Å². The van der Waals surface area contributed by atoms with Crippen molar-refractivity contribution in [1.82, 2.24) is 14.5 Å². The first-order valence-corrected chi connectivity index (χ1v) is 9.05. The van der Waals surface area contributed by atoms with Crippen molar-refractivity contribution in [1.29, 1.82) is 0 Å². The van der Waals surface area contributed by atoms with Crippen molar-refractivity contribution < 1.29 is 0 Å². The van der Waals surface area contributed by atoms with Crippen molar-refractivity contribution in [3.8, 4) is 0 Å². The Hall–Kier alpha value is -1.76. The number of nitrogens with one attached hydrogen (secondary N) is 2.